The molecule has 0 bridgehead atoms. The highest BCUT2D eigenvalue weighted by Crippen LogP contribution is 2.22. The molecule has 0 atom stereocenters. The fourth-order valence-corrected chi connectivity index (χ4v) is 3.09. The minimum atomic E-state index is 0.857. The van der Waals surface area contributed by atoms with E-state index in [1.807, 2.05) is 17.8 Å². The quantitative estimate of drug-likeness (QED) is 0.696. The first-order chi connectivity index (χ1) is 12.0. The van der Waals surface area contributed by atoms with Crippen LogP contribution in [0.3, 0.4) is 0 Å². The van der Waals surface area contributed by atoms with Crippen LogP contribution in [-0.4, -0.2) is 9.78 Å². The zero-order valence-corrected chi connectivity index (χ0v) is 15.2. The Kier molecular flexibility index (Phi) is 5.03. The largest absolute Gasteiger partial charge is 0.354 e. The molecule has 2 aromatic carbocycles. The number of hydrogen-bond acceptors (Lipinski definition) is 2. The minimum absolute atomic E-state index is 0.857. The van der Waals surface area contributed by atoms with Crippen LogP contribution in [0.25, 0.3) is 5.70 Å². The summed E-state index contributed by atoms with van der Waals surface area (Å²) in [7, 11) is 1.92. The summed E-state index contributed by atoms with van der Waals surface area (Å²) < 4.78 is 1.82. The van der Waals surface area contributed by atoms with Gasteiger partial charge in [0.05, 0.1) is 11.4 Å². The fraction of sp³-hybridized carbons (Fsp3) is 0.227. The number of hydrogen-bond donors (Lipinski definition) is 1. The van der Waals surface area contributed by atoms with Crippen molar-refractivity contribution in [3.8, 4) is 0 Å². The van der Waals surface area contributed by atoms with Crippen molar-refractivity contribution in [2.45, 2.75) is 26.7 Å². The average Bonchev–Trinajstić information content (AvgIpc) is 3.02. The fourth-order valence-electron chi connectivity index (χ4n) is 3.09. The Labute approximate surface area is 150 Å². The topological polar surface area (TPSA) is 29.9 Å². The maximum Gasteiger partial charge on any atom is 0.0835 e. The molecule has 0 saturated heterocycles. The normalized spacial score (nSPS) is 10.7. The van der Waals surface area contributed by atoms with E-state index in [-0.39, 0.29) is 0 Å². The van der Waals surface area contributed by atoms with Gasteiger partial charge in [-0.25, -0.2) is 0 Å². The summed E-state index contributed by atoms with van der Waals surface area (Å²) >= 11 is 0. The molecule has 1 aromatic heterocycles. The summed E-state index contributed by atoms with van der Waals surface area (Å²) in [5, 5.41) is 7.60. The molecule has 0 aliphatic rings. The Morgan fingerprint density at radius 2 is 1.84 bits per heavy atom. The van der Waals surface area contributed by atoms with E-state index in [2.05, 4.69) is 73.3 Å². The third-order valence-electron chi connectivity index (χ3n) is 4.65. The van der Waals surface area contributed by atoms with Gasteiger partial charge in [0, 0.05) is 18.9 Å². The Bertz CT molecular complexity index is 890. The number of rotatable bonds is 6. The van der Waals surface area contributed by atoms with Crippen molar-refractivity contribution in [3.63, 3.8) is 0 Å². The van der Waals surface area contributed by atoms with E-state index in [0.29, 0.717) is 0 Å². The second-order valence-electron chi connectivity index (χ2n) is 6.52. The zero-order chi connectivity index (χ0) is 17.8. The summed E-state index contributed by atoms with van der Waals surface area (Å²) in [5.41, 5.74) is 8.31. The number of nitrogens with zero attached hydrogens (tertiary/aromatic N) is 2. The standard InChI is InChI=1S/C22H25N3/c1-16-7-5-6-8-20(16)11-9-19-10-12-21(17(2)15-19)24-18(3)22-13-14-23-25(22)4/h5-8,10,12-15,24H,3,9,11H2,1-2,4H3. The first-order valence-electron chi connectivity index (χ1n) is 8.63. The lowest BCUT2D eigenvalue weighted by Crippen LogP contribution is -2.05. The highest BCUT2D eigenvalue weighted by atomic mass is 15.3. The number of nitrogens with one attached hydrogen (secondary N) is 1. The molecule has 0 radical (unpaired) electrons. The number of aromatic nitrogens is 2. The lowest BCUT2D eigenvalue weighted by atomic mass is 9.99. The van der Waals surface area contributed by atoms with Crippen molar-refractivity contribution in [2.75, 3.05) is 5.32 Å². The molecule has 0 saturated carbocycles. The van der Waals surface area contributed by atoms with Crippen LogP contribution in [-0.2, 0) is 19.9 Å². The van der Waals surface area contributed by atoms with Gasteiger partial charge in [-0.2, -0.15) is 5.10 Å². The molecule has 0 fully saturated rings. The summed E-state index contributed by atoms with van der Waals surface area (Å²) in [4.78, 5) is 0. The van der Waals surface area contributed by atoms with Crippen molar-refractivity contribution in [1.82, 2.24) is 9.78 Å². The molecule has 3 rings (SSSR count). The van der Waals surface area contributed by atoms with E-state index >= 15 is 0 Å². The maximum absolute atomic E-state index is 4.19. The highest BCUT2D eigenvalue weighted by molar-refractivity contribution is 5.75. The zero-order valence-electron chi connectivity index (χ0n) is 15.2. The minimum Gasteiger partial charge on any atom is -0.354 e. The van der Waals surface area contributed by atoms with Crippen LogP contribution in [0.1, 0.15) is 27.9 Å². The van der Waals surface area contributed by atoms with Crippen LogP contribution >= 0.6 is 0 Å². The maximum atomic E-state index is 4.19. The van der Waals surface area contributed by atoms with Crippen LogP contribution in [0.15, 0.2) is 61.3 Å². The van der Waals surface area contributed by atoms with E-state index in [1.54, 1.807) is 6.20 Å². The van der Waals surface area contributed by atoms with Crippen molar-refractivity contribution in [1.29, 1.82) is 0 Å². The van der Waals surface area contributed by atoms with E-state index in [9.17, 15) is 0 Å². The molecule has 128 valence electrons. The first kappa shape index (κ1) is 17.0. The molecule has 3 heteroatoms. The van der Waals surface area contributed by atoms with Gasteiger partial charge in [-0.15, -0.1) is 0 Å². The van der Waals surface area contributed by atoms with Gasteiger partial charge in [-0.3, -0.25) is 4.68 Å². The van der Waals surface area contributed by atoms with Crippen LogP contribution in [0.4, 0.5) is 5.69 Å². The molecule has 3 nitrogen and oxygen atoms in total. The Morgan fingerprint density at radius 1 is 1.04 bits per heavy atom. The summed E-state index contributed by atoms with van der Waals surface area (Å²) in [6.07, 6.45) is 3.90. The van der Waals surface area contributed by atoms with Gasteiger partial charge in [0.1, 0.15) is 0 Å². The van der Waals surface area contributed by atoms with Crippen LogP contribution in [0.2, 0.25) is 0 Å². The van der Waals surface area contributed by atoms with Gasteiger partial charge in [0.25, 0.3) is 0 Å². The molecule has 1 heterocycles. The number of anilines is 1. The number of benzene rings is 2. The van der Waals surface area contributed by atoms with Crippen LogP contribution in [0.5, 0.6) is 0 Å². The predicted octanol–water partition coefficient (Wildman–Crippen LogP) is 4.90. The summed E-state index contributed by atoms with van der Waals surface area (Å²) in [6, 6.07) is 17.2. The van der Waals surface area contributed by atoms with Crippen molar-refractivity contribution in [3.05, 3.63) is 89.3 Å². The van der Waals surface area contributed by atoms with Gasteiger partial charge in [0.2, 0.25) is 0 Å². The monoisotopic (exact) mass is 331 g/mol. The van der Waals surface area contributed by atoms with Gasteiger partial charge in [-0.1, -0.05) is 43.0 Å². The second-order valence-corrected chi connectivity index (χ2v) is 6.52. The first-order valence-corrected chi connectivity index (χ1v) is 8.63. The lowest BCUT2D eigenvalue weighted by molar-refractivity contribution is 0.756. The van der Waals surface area contributed by atoms with Gasteiger partial charge < -0.3 is 5.32 Å². The molecular formula is C22H25N3. The Hall–Kier alpha value is -2.81. The van der Waals surface area contributed by atoms with E-state index in [1.165, 1.54) is 22.3 Å². The van der Waals surface area contributed by atoms with E-state index < -0.39 is 0 Å². The molecule has 25 heavy (non-hydrogen) atoms. The van der Waals surface area contributed by atoms with Crippen LogP contribution in [0, 0.1) is 13.8 Å². The van der Waals surface area contributed by atoms with Gasteiger partial charge in [-0.05, 0) is 61.1 Å². The van der Waals surface area contributed by atoms with Crippen molar-refractivity contribution in [2.24, 2.45) is 7.05 Å². The summed E-state index contributed by atoms with van der Waals surface area (Å²) in [5.74, 6) is 0. The summed E-state index contributed by atoms with van der Waals surface area (Å²) in [6.45, 7) is 8.44. The Morgan fingerprint density at radius 3 is 2.52 bits per heavy atom. The molecule has 0 spiro atoms. The molecule has 3 aromatic rings. The second kappa shape index (κ2) is 7.39. The molecule has 0 amide bonds. The average molecular weight is 331 g/mol. The molecule has 0 unspecified atom stereocenters. The molecule has 1 N–H and O–H groups in total. The van der Waals surface area contributed by atoms with Crippen LogP contribution < -0.4 is 5.32 Å². The van der Waals surface area contributed by atoms with Gasteiger partial charge in [0.15, 0.2) is 0 Å². The smallest absolute Gasteiger partial charge is 0.0835 e. The van der Waals surface area contributed by atoms with Crippen molar-refractivity contribution < 1.29 is 0 Å². The highest BCUT2D eigenvalue weighted by Gasteiger charge is 2.07. The molecule has 0 aliphatic carbocycles. The number of aryl methyl sites for hydroxylation is 5. The van der Waals surface area contributed by atoms with E-state index in [4.69, 9.17) is 0 Å². The molecule has 0 aliphatic heterocycles. The Balaban J connectivity index is 1.68. The molecular weight excluding hydrogens is 306 g/mol. The third-order valence-corrected chi connectivity index (χ3v) is 4.65. The third kappa shape index (κ3) is 4.00. The van der Waals surface area contributed by atoms with Gasteiger partial charge >= 0.3 is 0 Å². The lowest BCUT2D eigenvalue weighted by Gasteiger charge is -2.14. The SMILES string of the molecule is C=C(Nc1ccc(CCc2ccccc2C)cc1C)c1ccnn1C. The van der Waals surface area contributed by atoms with E-state index in [0.717, 1.165) is 29.9 Å². The predicted molar refractivity (Wildman–Crippen MR) is 106 cm³/mol. The van der Waals surface area contributed by atoms with Crippen molar-refractivity contribution >= 4 is 11.4 Å².